The summed E-state index contributed by atoms with van der Waals surface area (Å²) < 4.78 is 31.9. The van der Waals surface area contributed by atoms with E-state index >= 15 is 0 Å². The van der Waals surface area contributed by atoms with E-state index in [-0.39, 0.29) is 17.3 Å². The van der Waals surface area contributed by atoms with Gasteiger partial charge >= 0.3 is 0 Å². The second kappa shape index (κ2) is 5.53. The number of carbonyl (C=O) groups excluding carboxylic acids is 1. The summed E-state index contributed by atoms with van der Waals surface area (Å²) in [6.45, 7) is 2.10. The van der Waals surface area contributed by atoms with Crippen LogP contribution in [0.1, 0.15) is 19.8 Å². The van der Waals surface area contributed by atoms with Gasteiger partial charge in [0.05, 0.1) is 16.7 Å². The van der Waals surface area contributed by atoms with Crippen molar-refractivity contribution in [1.82, 2.24) is 4.31 Å². The van der Waals surface area contributed by atoms with E-state index in [9.17, 15) is 18.3 Å². The van der Waals surface area contributed by atoms with Crippen molar-refractivity contribution in [2.45, 2.75) is 36.9 Å². The van der Waals surface area contributed by atoms with Crippen molar-refractivity contribution >= 4 is 21.6 Å². The van der Waals surface area contributed by atoms with Crippen LogP contribution in [0.2, 0.25) is 0 Å². The van der Waals surface area contributed by atoms with Crippen molar-refractivity contribution in [3.8, 4) is 5.75 Å². The Morgan fingerprint density at radius 2 is 2.18 bits per heavy atom. The molecule has 2 N–H and O–H groups in total. The third-order valence-corrected chi connectivity index (χ3v) is 5.74. The number of nitrogens with one attached hydrogen (secondary N) is 1. The van der Waals surface area contributed by atoms with Gasteiger partial charge < -0.3 is 15.2 Å². The van der Waals surface area contributed by atoms with Crippen LogP contribution in [0.25, 0.3) is 0 Å². The van der Waals surface area contributed by atoms with Crippen LogP contribution in [0.15, 0.2) is 23.1 Å². The molecule has 1 fully saturated rings. The molecule has 0 saturated carbocycles. The number of aliphatic hydroxyl groups is 1. The van der Waals surface area contributed by atoms with Crippen LogP contribution >= 0.6 is 0 Å². The molecule has 1 aromatic rings. The molecule has 120 valence electrons. The summed E-state index contributed by atoms with van der Waals surface area (Å²) in [6.07, 6.45) is -0.00187. The first-order chi connectivity index (χ1) is 10.4. The van der Waals surface area contributed by atoms with Crippen LogP contribution in [0, 0.1) is 0 Å². The van der Waals surface area contributed by atoms with E-state index in [0.29, 0.717) is 30.8 Å². The zero-order chi connectivity index (χ0) is 15.9. The van der Waals surface area contributed by atoms with Crippen LogP contribution in [-0.4, -0.2) is 49.0 Å². The highest BCUT2D eigenvalue weighted by Gasteiger charge is 2.31. The second-order valence-corrected chi connectivity index (χ2v) is 7.50. The molecule has 22 heavy (non-hydrogen) atoms. The number of benzene rings is 1. The third kappa shape index (κ3) is 2.69. The normalized spacial score (nSPS) is 26.0. The third-order valence-electron chi connectivity index (χ3n) is 3.88. The van der Waals surface area contributed by atoms with Gasteiger partial charge in [-0.15, -0.1) is 0 Å². The standard InChI is InChI=1S/C14H18N2O5S/c1-9-14(18)15-12-7-11(4-5-13(12)21-9)22(19,20)16-6-2-3-10(17)8-16/h4-5,7,9-10,17H,2-3,6,8H2,1H3,(H,15,18)/t9-,10+/m0/s1. The van der Waals surface area contributed by atoms with Crippen LogP contribution in [0.3, 0.4) is 0 Å². The Labute approximate surface area is 128 Å². The quantitative estimate of drug-likeness (QED) is 0.827. The number of hydrogen-bond donors (Lipinski definition) is 2. The Kier molecular flexibility index (Phi) is 3.84. The average molecular weight is 326 g/mol. The Morgan fingerprint density at radius 1 is 1.41 bits per heavy atom. The molecule has 0 aromatic heterocycles. The molecule has 0 bridgehead atoms. The lowest BCUT2D eigenvalue weighted by atomic mass is 10.1. The van der Waals surface area contributed by atoms with Crippen LogP contribution < -0.4 is 10.1 Å². The number of anilines is 1. The topological polar surface area (TPSA) is 95.9 Å². The zero-order valence-electron chi connectivity index (χ0n) is 12.2. The fraction of sp³-hybridized carbons (Fsp3) is 0.500. The van der Waals surface area contributed by atoms with Crippen LogP contribution in [-0.2, 0) is 14.8 Å². The zero-order valence-corrected chi connectivity index (χ0v) is 13.0. The van der Waals surface area contributed by atoms with Crippen molar-refractivity contribution in [3.05, 3.63) is 18.2 Å². The summed E-state index contributed by atoms with van der Waals surface area (Å²) in [5, 5.41) is 12.3. The Balaban J connectivity index is 1.92. The van der Waals surface area contributed by atoms with E-state index in [1.807, 2.05) is 0 Å². The molecule has 0 radical (unpaired) electrons. The Bertz CT molecular complexity index is 703. The molecule has 0 aliphatic carbocycles. The summed E-state index contributed by atoms with van der Waals surface area (Å²) in [5.74, 6) is 0.139. The highest BCUT2D eigenvalue weighted by Crippen LogP contribution is 2.33. The summed E-state index contributed by atoms with van der Waals surface area (Å²) >= 11 is 0. The van der Waals surface area contributed by atoms with Gasteiger partial charge in [0.2, 0.25) is 10.0 Å². The first-order valence-electron chi connectivity index (χ1n) is 7.18. The highest BCUT2D eigenvalue weighted by molar-refractivity contribution is 7.89. The molecule has 8 heteroatoms. The molecule has 1 amide bonds. The largest absolute Gasteiger partial charge is 0.479 e. The maximum Gasteiger partial charge on any atom is 0.265 e. The van der Waals surface area contributed by atoms with Gasteiger partial charge in [-0.1, -0.05) is 0 Å². The number of aliphatic hydroxyl groups excluding tert-OH is 1. The number of β-amino-alcohol motifs (C(OH)–C–C–N with tert-alkyl or cyclic N) is 1. The highest BCUT2D eigenvalue weighted by atomic mass is 32.2. The number of hydrogen-bond acceptors (Lipinski definition) is 5. The first kappa shape index (κ1) is 15.3. The van der Waals surface area contributed by atoms with Gasteiger partial charge in [-0.2, -0.15) is 4.31 Å². The number of carbonyl (C=O) groups is 1. The van der Waals surface area contributed by atoms with E-state index in [2.05, 4.69) is 5.32 Å². The number of nitrogens with zero attached hydrogens (tertiary/aromatic N) is 1. The minimum Gasteiger partial charge on any atom is -0.479 e. The number of fused-ring (bicyclic) bond motifs is 1. The van der Waals surface area contributed by atoms with Crippen molar-refractivity contribution in [3.63, 3.8) is 0 Å². The molecule has 3 rings (SSSR count). The van der Waals surface area contributed by atoms with E-state index in [4.69, 9.17) is 4.74 Å². The molecule has 2 aliphatic rings. The molecule has 0 unspecified atom stereocenters. The molecule has 1 saturated heterocycles. The maximum atomic E-state index is 12.6. The minimum atomic E-state index is -3.69. The number of rotatable bonds is 2. The number of sulfonamides is 1. The van der Waals surface area contributed by atoms with Crippen LogP contribution in [0.5, 0.6) is 5.75 Å². The van der Waals surface area contributed by atoms with Crippen LogP contribution in [0.4, 0.5) is 5.69 Å². The number of piperidine rings is 1. The van der Waals surface area contributed by atoms with E-state index in [1.165, 1.54) is 16.4 Å². The first-order valence-corrected chi connectivity index (χ1v) is 8.62. The number of ether oxygens (including phenoxy) is 1. The predicted octanol–water partition coefficient (Wildman–Crippen LogP) is 0.551. The summed E-state index contributed by atoms with van der Waals surface area (Å²) in [7, 11) is -3.69. The maximum absolute atomic E-state index is 12.6. The van der Waals surface area contributed by atoms with Crippen molar-refractivity contribution in [2.24, 2.45) is 0 Å². The van der Waals surface area contributed by atoms with Gasteiger partial charge in [-0.3, -0.25) is 4.79 Å². The van der Waals surface area contributed by atoms with Gasteiger partial charge in [-0.25, -0.2) is 8.42 Å². The average Bonchev–Trinajstić information content (AvgIpc) is 2.48. The second-order valence-electron chi connectivity index (χ2n) is 5.57. The van der Waals surface area contributed by atoms with Crippen molar-refractivity contribution in [1.29, 1.82) is 0 Å². The summed E-state index contributed by atoms with van der Waals surface area (Å²) in [6, 6.07) is 4.40. The fourth-order valence-electron chi connectivity index (χ4n) is 2.64. The fourth-order valence-corrected chi connectivity index (χ4v) is 4.18. The Hall–Kier alpha value is -1.64. The van der Waals surface area contributed by atoms with Gasteiger partial charge in [0.15, 0.2) is 6.10 Å². The molecule has 2 aliphatic heterocycles. The lowest BCUT2D eigenvalue weighted by molar-refractivity contribution is -0.122. The van der Waals surface area contributed by atoms with E-state index in [0.717, 1.165) is 0 Å². The molecule has 2 atom stereocenters. The predicted molar refractivity (Wildman–Crippen MR) is 79.2 cm³/mol. The minimum absolute atomic E-state index is 0.0822. The van der Waals surface area contributed by atoms with E-state index in [1.54, 1.807) is 13.0 Å². The molecule has 1 aromatic carbocycles. The summed E-state index contributed by atoms with van der Waals surface area (Å²) in [5.41, 5.74) is 0.349. The van der Waals surface area contributed by atoms with Gasteiger partial charge in [-0.05, 0) is 38.0 Å². The monoisotopic (exact) mass is 326 g/mol. The van der Waals surface area contributed by atoms with Crippen molar-refractivity contribution < 1.29 is 23.1 Å². The van der Waals surface area contributed by atoms with Crippen molar-refractivity contribution in [2.75, 3.05) is 18.4 Å². The van der Waals surface area contributed by atoms with Gasteiger partial charge in [0.1, 0.15) is 5.75 Å². The Morgan fingerprint density at radius 3 is 2.91 bits per heavy atom. The molecule has 0 spiro atoms. The van der Waals surface area contributed by atoms with E-state index < -0.39 is 22.2 Å². The molecule has 7 nitrogen and oxygen atoms in total. The molecule has 2 heterocycles. The lowest BCUT2D eigenvalue weighted by Crippen LogP contribution is -2.42. The SMILES string of the molecule is C[C@@H]1Oc2ccc(S(=O)(=O)N3CCC[C@@H](O)C3)cc2NC1=O. The summed E-state index contributed by atoms with van der Waals surface area (Å²) in [4.78, 5) is 11.7. The molecular formula is C14H18N2O5S. The van der Waals surface area contributed by atoms with Gasteiger partial charge in [0.25, 0.3) is 5.91 Å². The smallest absolute Gasteiger partial charge is 0.265 e. The number of amides is 1. The van der Waals surface area contributed by atoms with Gasteiger partial charge in [0, 0.05) is 13.1 Å². The molecular weight excluding hydrogens is 308 g/mol. The lowest BCUT2D eigenvalue weighted by Gasteiger charge is -2.30.